The minimum absolute atomic E-state index is 0.0656. The zero-order valence-corrected chi connectivity index (χ0v) is 19.8. The van der Waals surface area contributed by atoms with E-state index in [1.807, 2.05) is 23.1 Å². The van der Waals surface area contributed by atoms with E-state index in [1.165, 1.54) is 37.8 Å². The summed E-state index contributed by atoms with van der Waals surface area (Å²) in [5, 5.41) is 8.62. The molecule has 1 spiro atoms. The summed E-state index contributed by atoms with van der Waals surface area (Å²) in [5.74, 6) is 0.0426. The van der Waals surface area contributed by atoms with Gasteiger partial charge in [-0.2, -0.15) is 5.10 Å². The van der Waals surface area contributed by atoms with Gasteiger partial charge in [-0.3, -0.25) is 4.68 Å². The standard InChI is InChI=1S/C24H26Cl2FN5O/c1-14(21-18(25)4-5-19(27)22(21)26)33-20-8-15(10-29-23(20)28)16-11-31-32(13-16)17-9-24(30-12-17)6-2-3-7-24/h4-5,8,10-11,13-14,17,30H,2-3,6-7,9,12H2,1H3,(H2,28,29)/t14-,17?/m1/s1. The number of nitrogens with two attached hydrogens (primary N) is 1. The van der Waals surface area contributed by atoms with Crippen LogP contribution in [-0.4, -0.2) is 26.8 Å². The second kappa shape index (κ2) is 8.78. The molecule has 3 N–H and O–H groups in total. The van der Waals surface area contributed by atoms with Gasteiger partial charge in [-0.05, 0) is 44.4 Å². The second-order valence-corrected chi connectivity index (χ2v) is 9.84. The maximum absolute atomic E-state index is 14.0. The van der Waals surface area contributed by atoms with Gasteiger partial charge in [-0.25, -0.2) is 9.37 Å². The molecule has 3 aromatic rings. The molecule has 3 heterocycles. The molecule has 2 aromatic heterocycles. The molecule has 0 bridgehead atoms. The van der Waals surface area contributed by atoms with Crippen molar-refractivity contribution in [2.75, 3.05) is 12.3 Å². The van der Waals surface area contributed by atoms with Crippen LogP contribution in [0.15, 0.2) is 36.8 Å². The lowest BCUT2D eigenvalue weighted by molar-refractivity contribution is 0.227. The number of pyridine rings is 1. The molecule has 1 unspecified atom stereocenters. The van der Waals surface area contributed by atoms with Crippen LogP contribution >= 0.6 is 23.2 Å². The van der Waals surface area contributed by atoms with Gasteiger partial charge < -0.3 is 15.8 Å². The number of aromatic nitrogens is 3. The van der Waals surface area contributed by atoms with Crippen molar-refractivity contribution >= 4 is 29.0 Å². The summed E-state index contributed by atoms with van der Waals surface area (Å²) in [6, 6.07) is 4.83. The SMILES string of the molecule is C[C@@H](Oc1cc(-c2cnn(C3CNC4(CCCC4)C3)c2)cnc1N)c1c(Cl)ccc(F)c1Cl. The fourth-order valence-electron chi connectivity index (χ4n) is 5.11. The Morgan fingerprint density at radius 1 is 1.24 bits per heavy atom. The fourth-order valence-corrected chi connectivity index (χ4v) is 5.79. The molecule has 1 saturated carbocycles. The van der Waals surface area contributed by atoms with E-state index >= 15 is 0 Å². The Bertz CT molecular complexity index is 1180. The molecule has 1 aliphatic heterocycles. The van der Waals surface area contributed by atoms with Crippen LogP contribution in [0.4, 0.5) is 10.2 Å². The van der Waals surface area contributed by atoms with Crippen LogP contribution in [0.5, 0.6) is 5.75 Å². The lowest BCUT2D eigenvalue weighted by Crippen LogP contribution is -2.35. The molecule has 0 amide bonds. The Morgan fingerprint density at radius 2 is 2.03 bits per heavy atom. The van der Waals surface area contributed by atoms with Crippen LogP contribution in [0.25, 0.3) is 11.1 Å². The zero-order valence-electron chi connectivity index (χ0n) is 18.3. The predicted octanol–water partition coefficient (Wildman–Crippen LogP) is 5.96. The van der Waals surface area contributed by atoms with Crippen molar-refractivity contribution in [2.24, 2.45) is 0 Å². The fraction of sp³-hybridized carbons (Fsp3) is 0.417. The van der Waals surface area contributed by atoms with Crippen molar-refractivity contribution in [1.29, 1.82) is 0 Å². The van der Waals surface area contributed by atoms with Crippen molar-refractivity contribution in [1.82, 2.24) is 20.1 Å². The number of nitrogen functional groups attached to an aromatic ring is 1. The lowest BCUT2D eigenvalue weighted by Gasteiger charge is -2.22. The molecule has 2 aliphatic rings. The van der Waals surface area contributed by atoms with E-state index in [0.29, 0.717) is 22.4 Å². The summed E-state index contributed by atoms with van der Waals surface area (Å²) >= 11 is 12.4. The molecule has 6 nitrogen and oxygen atoms in total. The molecular weight excluding hydrogens is 464 g/mol. The molecule has 174 valence electrons. The highest BCUT2D eigenvalue weighted by Gasteiger charge is 2.41. The number of nitrogens with zero attached hydrogens (tertiary/aromatic N) is 3. The molecule has 9 heteroatoms. The van der Waals surface area contributed by atoms with Crippen LogP contribution < -0.4 is 15.8 Å². The first-order valence-electron chi connectivity index (χ1n) is 11.2. The Balaban J connectivity index is 1.36. The first-order chi connectivity index (χ1) is 15.8. The summed E-state index contributed by atoms with van der Waals surface area (Å²) in [6.45, 7) is 2.67. The first-order valence-corrected chi connectivity index (χ1v) is 12.0. The molecule has 2 fully saturated rings. The molecule has 1 aliphatic carbocycles. The highest BCUT2D eigenvalue weighted by Crippen LogP contribution is 2.41. The Labute approximate surface area is 202 Å². The van der Waals surface area contributed by atoms with Crippen molar-refractivity contribution in [3.8, 4) is 16.9 Å². The minimum atomic E-state index is -0.630. The molecular formula is C24H26Cl2FN5O. The summed E-state index contributed by atoms with van der Waals surface area (Å²) in [4.78, 5) is 4.29. The molecule has 33 heavy (non-hydrogen) atoms. The minimum Gasteiger partial charge on any atom is -0.482 e. The first kappa shape index (κ1) is 22.4. The quantitative estimate of drug-likeness (QED) is 0.432. The number of nitrogens with one attached hydrogen (secondary N) is 1. The van der Waals surface area contributed by atoms with Gasteiger partial charge in [0.1, 0.15) is 11.9 Å². The Kier molecular flexibility index (Phi) is 5.97. The Morgan fingerprint density at radius 3 is 2.82 bits per heavy atom. The monoisotopic (exact) mass is 489 g/mol. The van der Waals surface area contributed by atoms with Gasteiger partial charge in [0.25, 0.3) is 0 Å². The maximum Gasteiger partial charge on any atom is 0.166 e. The van der Waals surface area contributed by atoms with E-state index in [-0.39, 0.29) is 16.4 Å². The largest absolute Gasteiger partial charge is 0.482 e. The molecule has 2 atom stereocenters. The van der Waals surface area contributed by atoms with Crippen LogP contribution in [-0.2, 0) is 0 Å². The highest BCUT2D eigenvalue weighted by atomic mass is 35.5. The van der Waals surface area contributed by atoms with Gasteiger partial charge in [0.15, 0.2) is 11.6 Å². The van der Waals surface area contributed by atoms with E-state index in [4.69, 9.17) is 33.7 Å². The molecule has 1 aromatic carbocycles. The van der Waals surface area contributed by atoms with Gasteiger partial charge in [-0.15, -0.1) is 0 Å². The van der Waals surface area contributed by atoms with Crippen LogP contribution in [0, 0.1) is 5.82 Å². The number of benzene rings is 1. The predicted molar refractivity (Wildman–Crippen MR) is 128 cm³/mol. The molecule has 5 rings (SSSR count). The van der Waals surface area contributed by atoms with Crippen LogP contribution in [0.3, 0.4) is 0 Å². The summed E-state index contributed by atoms with van der Waals surface area (Å²) in [7, 11) is 0. The average Bonchev–Trinajstić information content (AvgIpc) is 3.55. The van der Waals surface area contributed by atoms with E-state index in [2.05, 4.69) is 15.4 Å². The van der Waals surface area contributed by atoms with Gasteiger partial charge in [0.2, 0.25) is 0 Å². The van der Waals surface area contributed by atoms with Crippen molar-refractivity contribution in [3.05, 3.63) is 58.2 Å². The van der Waals surface area contributed by atoms with Crippen LogP contribution in [0.1, 0.15) is 56.7 Å². The van der Waals surface area contributed by atoms with E-state index in [1.54, 1.807) is 13.1 Å². The summed E-state index contributed by atoms with van der Waals surface area (Å²) in [5.41, 5.74) is 8.47. The number of halogens is 3. The van der Waals surface area contributed by atoms with Gasteiger partial charge in [0.05, 0.1) is 17.3 Å². The highest BCUT2D eigenvalue weighted by molar-refractivity contribution is 6.36. The van der Waals surface area contributed by atoms with Gasteiger partial charge >= 0.3 is 0 Å². The zero-order chi connectivity index (χ0) is 23.2. The van der Waals surface area contributed by atoms with E-state index < -0.39 is 11.9 Å². The number of anilines is 1. The third kappa shape index (κ3) is 4.29. The van der Waals surface area contributed by atoms with Gasteiger partial charge in [-0.1, -0.05) is 36.0 Å². The van der Waals surface area contributed by atoms with E-state index in [0.717, 1.165) is 24.1 Å². The molecule has 0 radical (unpaired) electrons. The number of hydrogen-bond acceptors (Lipinski definition) is 5. The third-order valence-electron chi connectivity index (χ3n) is 6.88. The smallest absolute Gasteiger partial charge is 0.166 e. The summed E-state index contributed by atoms with van der Waals surface area (Å²) < 4.78 is 22.0. The van der Waals surface area contributed by atoms with Crippen molar-refractivity contribution < 1.29 is 9.13 Å². The normalized spacial score (nSPS) is 20.4. The number of rotatable bonds is 5. The van der Waals surface area contributed by atoms with E-state index in [9.17, 15) is 4.39 Å². The van der Waals surface area contributed by atoms with Crippen LogP contribution in [0.2, 0.25) is 10.0 Å². The van der Waals surface area contributed by atoms with Crippen molar-refractivity contribution in [2.45, 2.75) is 56.7 Å². The third-order valence-corrected chi connectivity index (χ3v) is 7.59. The number of hydrogen-bond donors (Lipinski definition) is 2. The molecule has 1 saturated heterocycles. The Hall–Kier alpha value is -2.35. The maximum atomic E-state index is 14.0. The summed E-state index contributed by atoms with van der Waals surface area (Å²) in [6.07, 6.45) is 11.1. The second-order valence-electron chi connectivity index (χ2n) is 9.06. The van der Waals surface area contributed by atoms with Gasteiger partial charge in [0, 0.05) is 46.2 Å². The topological polar surface area (TPSA) is 78.0 Å². The van der Waals surface area contributed by atoms with Crippen molar-refractivity contribution in [3.63, 3.8) is 0 Å². The average molecular weight is 490 g/mol. The lowest BCUT2D eigenvalue weighted by atomic mass is 9.94. The number of ether oxygens (including phenoxy) is 1.